The lowest BCUT2D eigenvalue weighted by atomic mass is 9.93. The second kappa shape index (κ2) is 14.5. The Kier molecular flexibility index (Phi) is 8.76. The van der Waals surface area contributed by atoms with E-state index in [1.54, 1.807) is 0 Å². The third-order valence-electron chi connectivity index (χ3n) is 11.6. The van der Waals surface area contributed by atoms with E-state index in [-0.39, 0.29) is 6.04 Å². The summed E-state index contributed by atoms with van der Waals surface area (Å²) in [6.07, 6.45) is 0.997. The van der Waals surface area contributed by atoms with E-state index in [4.69, 9.17) is 0 Å². The minimum Gasteiger partial charge on any atom is -0.338 e. The van der Waals surface area contributed by atoms with Crippen LogP contribution in [0.15, 0.2) is 206 Å². The van der Waals surface area contributed by atoms with Crippen LogP contribution in [0, 0.1) is 0 Å². The van der Waals surface area contributed by atoms with Crippen molar-refractivity contribution in [3.8, 4) is 22.3 Å². The quantitative estimate of drug-likeness (QED) is 0.154. The average Bonchev–Trinajstić information content (AvgIpc) is 3.39. The fraction of sp³-hybridized carbons (Fsp3) is 0.0741. The van der Waals surface area contributed by atoms with Gasteiger partial charge in [-0.15, -0.1) is 0 Å². The van der Waals surface area contributed by atoms with Crippen molar-refractivity contribution >= 4 is 67.0 Å². The number of anilines is 8. The Morgan fingerprint density at radius 3 is 1.25 bits per heavy atom. The average molecular weight is 734 g/mol. The van der Waals surface area contributed by atoms with E-state index in [0.29, 0.717) is 0 Å². The molecule has 0 saturated heterocycles. The Balaban J connectivity index is 1.20. The van der Waals surface area contributed by atoms with Gasteiger partial charge >= 0.3 is 0 Å². The van der Waals surface area contributed by atoms with Gasteiger partial charge in [-0.2, -0.15) is 0 Å². The van der Waals surface area contributed by atoms with E-state index in [1.165, 1.54) is 55.2 Å². The molecule has 0 radical (unpaired) electrons. The van der Waals surface area contributed by atoms with Gasteiger partial charge in [0.1, 0.15) is 0 Å². The molecule has 3 heteroatoms. The maximum atomic E-state index is 2.58. The maximum absolute atomic E-state index is 2.58. The van der Waals surface area contributed by atoms with Crippen molar-refractivity contribution in [2.75, 3.05) is 14.7 Å². The van der Waals surface area contributed by atoms with Crippen LogP contribution in [0.2, 0.25) is 0 Å². The lowest BCUT2D eigenvalue weighted by Crippen LogP contribution is -2.28. The zero-order chi connectivity index (χ0) is 38.3. The molecule has 0 spiro atoms. The van der Waals surface area contributed by atoms with E-state index in [2.05, 4.69) is 235 Å². The summed E-state index contributed by atoms with van der Waals surface area (Å²) >= 11 is 0. The van der Waals surface area contributed by atoms with Gasteiger partial charge in [0.25, 0.3) is 0 Å². The fourth-order valence-corrected chi connectivity index (χ4v) is 8.73. The molecule has 274 valence electrons. The molecule has 1 aliphatic rings. The van der Waals surface area contributed by atoms with Crippen LogP contribution < -0.4 is 14.7 Å². The van der Waals surface area contributed by atoms with E-state index in [0.717, 1.165) is 40.5 Å². The van der Waals surface area contributed by atoms with Crippen molar-refractivity contribution in [2.45, 2.75) is 26.3 Å². The molecule has 0 aliphatic carbocycles. The number of rotatable bonds is 8. The van der Waals surface area contributed by atoms with Gasteiger partial charge in [0.05, 0.1) is 11.4 Å². The Labute approximate surface area is 335 Å². The fourth-order valence-electron chi connectivity index (χ4n) is 8.73. The van der Waals surface area contributed by atoms with Crippen LogP contribution in [0.3, 0.4) is 0 Å². The molecule has 9 aromatic carbocycles. The number of para-hydroxylation sites is 2. The van der Waals surface area contributed by atoms with Gasteiger partial charge in [0.2, 0.25) is 0 Å². The lowest BCUT2D eigenvalue weighted by Gasteiger charge is -2.34. The summed E-state index contributed by atoms with van der Waals surface area (Å²) in [5.74, 6) is 0. The van der Waals surface area contributed by atoms with Crippen LogP contribution in [0.4, 0.5) is 45.5 Å². The number of benzene rings is 9. The van der Waals surface area contributed by atoms with Crippen LogP contribution in [-0.2, 0) is 0 Å². The molecule has 0 aromatic heterocycles. The topological polar surface area (TPSA) is 9.72 Å². The van der Waals surface area contributed by atoms with E-state index < -0.39 is 0 Å². The van der Waals surface area contributed by atoms with Crippen LogP contribution in [0.25, 0.3) is 43.8 Å². The second-order valence-electron chi connectivity index (χ2n) is 14.9. The maximum Gasteiger partial charge on any atom is 0.0540 e. The molecule has 10 rings (SSSR count). The van der Waals surface area contributed by atoms with Crippen molar-refractivity contribution in [3.63, 3.8) is 0 Å². The Morgan fingerprint density at radius 2 is 0.789 bits per heavy atom. The van der Waals surface area contributed by atoms with Crippen molar-refractivity contribution in [1.82, 2.24) is 0 Å². The van der Waals surface area contributed by atoms with Gasteiger partial charge in [-0.05, 0) is 108 Å². The highest BCUT2D eigenvalue weighted by atomic mass is 15.2. The van der Waals surface area contributed by atoms with E-state index >= 15 is 0 Å². The lowest BCUT2D eigenvalue weighted by molar-refractivity contribution is 0.689. The van der Waals surface area contributed by atoms with E-state index in [9.17, 15) is 0 Å². The molecular weight excluding hydrogens is 691 g/mol. The minimum absolute atomic E-state index is 0.250. The smallest absolute Gasteiger partial charge is 0.0540 e. The van der Waals surface area contributed by atoms with Gasteiger partial charge in [-0.3, -0.25) is 0 Å². The predicted molar refractivity (Wildman–Crippen MR) is 244 cm³/mol. The Hall–Kier alpha value is -7.10. The molecular formula is C54H43N3. The first-order valence-electron chi connectivity index (χ1n) is 20.0. The Morgan fingerprint density at radius 1 is 0.386 bits per heavy atom. The van der Waals surface area contributed by atoms with Crippen molar-refractivity contribution in [3.05, 3.63) is 206 Å². The molecule has 1 aliphatic heterocycles. The molecule has 0 saturated carbocycles. The van der Waals surface area contributed by atoms with Crippen LogP contribution >= 0.6 is 0 Å². The third-order valence-corrected chi connectivity index (χ3v) is 11.6. The summed E-state index contributed by atoms with van der Waals surface area (Å²) < 4.78 is 0. The van der Waals surface area contributed by atoms with Crippen LogP contribution in [0.1, 0.15) is 20.3 Å². The monoisotopic (exact) mass is 733 g/mol. The van der Waals surface area contributed by atoms with Gasteiger partial charge in [-0.25, -0.2) is 0 Å². The summed E-state index contributed by atoms with van der Waals surface area (Å²) in [4.78, 5) is 7.40. The van der Waals surface area contributed by atoms with Crippen LogP contribution in [-0.4, -0.2) is 6.04 Å². The SMILES string of the molecule is CCC(C)N1c2ccc(N(c3ccccc3)c3cccc4ccccc34)cc2-c2ccccc2-c2cc(N(c3ccccc3)c3cccc4ccccc34)ccc21. The van der Waals surface area contributed by atoms with Gasteiger partial charge < -0.3 is 14.7 Å². The first-order chi connectivity index (χ1) is 28.2. The standard InChI is InChI=1S/C54H43N3/c1-3-38(2)55-53-34-32-43(56(41-22-6-4-7-23-41)51-30-16-20-39-18-10-12-26-45(39)51)36-49(53)47-28-14-15-29-48(47)50-37-44(33-35-54(50)55)57(42-24-8-5-9-25-42)52-31-17-21-40-19-11-13-27-46(40)52/h4-38H,3H2,1-2H3. The molecule has 0 N–H and O–H groups in total. The van der Waals surface area contributed by atoms with Crippen molar-refractivity contribution < 1.29 is 0 Å². The molecule has 9 aromatic rings. The predicted octanol–water partition coefficient (Wildman–Crippen LogP) is 15.5. The zero-order valence-corrected chi connectivity index (χ0v) is 32.3. The number of fused-ring (bicyclic) bond motifs is 7. The largest absolute Gasteiger partial charge is 0.338 e. The highest BCUT2D eigenvalue weighted by Gasteiger charge is 2.30. The highest BCUT2D eigenvalue weighted by Crippen LogP contribution is 2.53. The molecule has 0 fully saturated rings. The molecule has 57 heavy (non-hydrogen) atoms. The van der Waals surface area contributed by atoms with Gasteiger partial charge in [-0.1, -0.05) is 140 Å². The van der Waals surface area contributed by atoms with Gasteiger partial charge in [0, 0.05) is 62.1 Å². The van der Waals surface area contributed by atoms with Crippen LogP contribution in [0.5, 0.6) is 0 Å². The van der Waals surface area contributed by atoms with E-state index in [1.807, 2.05) is 0 Å². The molecule has 3 nitrogen and oxygen atoms in total. The molecule has 1 heterocycles. The number of nitrogens with zero attached hydrogens (tertiary/aromatic N) is 3. The highest BCUT2D eigenvalue weighted by molar-refractivity contribution is 6.05. The first-order valence-corrected chi connectivity index (χ1v) is 20.0. The van der Waals surface area contributed by atoms with Gasteiger partial charge in [0.15, 0.2) is 0 Å². The summed E-state index contributed by atoms with van der Waals surface area (Å²) in [6.45, 7) is 4.64. The summed E-state index contributed by atoms with van der Waals surface area (Å²) in [6, 6.07) is 75.5. The number of hydrogen-bond donors (Lipinski definition) is 0. The molecule has 1 atom stereocenters. The first kappa shape index (κ1) is 34.4. The van der Waals surface area contributed by atoms with Crippen molar-refractivity contribution in [2.24, 2.45) is 0 Å². The van der Waals surface area contributed by atoms with Crippen molar-refractivity contribution in [1.29, 1.82) is 0 Å². The normalized spacial score (nSPS) is 12.4. The summed E-state index contributed by atoms with van der Waals surface area (Å²) in [5.41, 5.74) is 14.1. The third kappa shape index (κ3) is 6.00. The molecule has 0 amide bonds. The zero-order valence-electron chi connectivity index (χ0n) is 32.3. The minimum atomic E-state index is 0.250. The molecule has 0 bridgehead atoms. The summed E-state index contributed by atoms with van der Waals surface area (Å²) in [7, 11) is 0. The Bertz CT molecular complexity index is 2680. The number of hydrogen-bond acceptors (Lipinski definition) is 3. The summed E-state index contributed by atoms with van der Waals surface area (Å²) in [5, 5.41) is 4.88. The second-order valence-corrected chi connectivity index (χ2v) is 14.9. The molecule has 1 unspecified atom stereocenters.